The van der Waals surface area contributed by atoms with Crippen molar-refractivity contribution in [2.75, 3.05) is 57.3 Å². The van der Waals surface area contributed by atoms with E-state index in [1.165, 1.54) is 0 Å². The highest BCUT2D eigenvalue weighted by molar-refractivity contribution is 6.30. The summed E-state index contributed by atoms with van der Waals surface area (Å²) in [6, 6.07) is 5.80. The normalized spacial score (nSPS) is 20.9. The van der Waals surface area contributed by atoms with E-state index >= 15 is 0 Å². The molecule has 14 heteroatoms. The van der Waals surface area contributed by atoms with E-state index in [4.69, 9.17) is 11.6 Å². The standard InChI is InChI=1S/C28H37ClF6N4O3/c1-20(40)39-12-7-26(19-39)5-10-37(11-6-26)23-16-21(15-22(29)17-23)18-36-8-3-2-4-9-38(14-13-36)25(41)42-24(27(30,31)32)28(33,34)35/h15-17,24H,2-14,18-19H2,1H3. The molecule has 3 fully saturated rings. The quantitative estimate of drug-likeness (QED) is 0.379. The molecule has 4 rings (SSSR count). The Hall–Kier alpha value is -2.41. The van der Waals surface area contributed by atoms with E-state index in [-0.39, 0.29) is 31.0 Å². The monoisotopic (exact) mass is 626 g/mol. The molecule has 0 saturated carbocycles. The second kappa shape index (κ2) is 13.1. The molecule has 3 aliphatic heterocycles. The predicted molar refractivity (Wildman–Crippen MR) is 145 cm³/mol. The Morgan fingerprint density at radius 2 is 1.50 bits per heavy atom. The summed E-state index contributed by atoms with van der Waals surface area (Å²) in [5, 5.41) is 0.561. The molecule has 0 bridgehead atoms. The SMILES string of the molecule is CC(=O)N1CCC2(CCN(c3cc(Cl)cc(CN4CCCCCN(C(=O)OC(C(F)(F)F)C(F)(F)F)CC4)c3)CC2)C1. The Kier molecular flexibility index (Phi) is 10.1. The minimum atomic E-state index is -5.76. The molecule has 0 aliphatic carbocycles. The molecule has 2 amide bonds. The summed E-state index contributed by atoms with van der Waals surface area (Å²) in [6.45, 7) is 6.17. The molecule has 3 heterocycles. The van der Waals surface area contributed by atoms with Gasteiger partial charge in [0.25, 0.3) is 6.10 Å². The molecule has 7 nitrogen and oxygen atoms in total. The third-order valence-electron chi connectivity index (χ3n) is 8.58. The van der Waals surface area contributed by atoms with Crippen LogP contribution in [0.4, 0.5) is 36.8 Å². The van der Waals surface area contributed by atoms with Gasteiger partial charge >= 0.3 is 18.4 Å². The average molecular weight is 627 g/mol. The number of rotatable bonds is 4. The topological polar surface area (TPSA) is 56.3 Å². The molecule has 0 N–H and O–H groups in total. The van der Waals surface area contributed by atoms with E-state index in [9.17, 15) is 35.9 Å². The number of benzene rings is 1. The number of likely N-dealkylation sites (tertiary alicyclic amines) is 1. The fourth-order valence-corrected chi connectivity index (χ4v) is 6.40. The number of alkyl halides is 6. The van der Waals surface area contributed by atoms with Gasteiger partial charge < -0.3 is 19.4 Å². The molecule has 3 saturated heterocycles. The van der Waals surface area contributed by atoms with E-state index in [0.29, 0.717) is 31.0 Å². The summed E-state index contributed by atoms with van der Waals surface area (Å²) in [7, 11) is 0. The van der Waals surface area contributed by atoms with Crippen molar-refractivity contribution in [1.29, 1.82) is 0 Å². The summed E-state index contributed by atoms with van der Waals surface area (Å²) in [5.74, 6) is 0.112. The number of nitrogens with zero attached hydrogens (tertiary/aromatic N) is 4. The van der Waals surface area contributed by atoms with Crippen LogP contribution in [0.3, 0.4) is 0 Å². The minimum Gasteiger partial charge on any atom is -0.426 e. The lowest BCUT2D eigenvalue weighted by molar-refractivity contribution is -0.308. The van der Waals surface area contributed by atoms with Crippen LogP contribution in [0.1, 0.15) is 51.0 Å². The maximum absolute atomic E-state index is 12.9. The third-order valence-corrected chi connectivity index (χ3v) is 8.80. The molecule has 0 radical (unpaired) electrons. The van der Waals surface area contributed by atoms with Crippen molar-refractivity contribution in [1.82, 2.24) is 14.7 Å². The van der Waals surface area contributed by atoms with E-state index in [1.807, 2.05) is 21.9 Å². The van der Waals surface area contributed by atoms with Crippen molar-refractivity contribution in [3.63, 3.8) is 0 Å². The van der Waals surface area contributed by atoms with Crippen molar-refractivity contribution >= 4 is 29.3 Å². The summed E-state index contributed by atoms with van der Waals surface area (Å²) in [6.07, 6.45) is -12.5. The Balaban J connectivity index is 1.38. The van der Waals surface area contributed by atoms with E-state index < -0.39 is 24.5 Å². The molecule has 236 valence electrons. The Labute approximate surface area is 246 Å². The van der Waals surface area contributed by atoms with Crippen LogP contribution in [0.15, 0.2) is 18.2 Å². The van der Waals surface area contributed by atoms with Crippen molar-refractivity contribution < 1.29 is 40.7 Å². The van der Waals surface area contributed by atoms with E-state index in [1.54, 1.807) is 6.92 Å². The first-order valence-electron chi connectivity index (χ1n) is 14.3. The molecule has 0 unspecified atom stereocenters. The molecule has 1 aromatic rings. The van der Waals surface area contributed by atoms with Crippen LogP contribution in [0.2, 0.25) is 5.02 Å². The summed E-state index contributed by atoms with van der Waals surface area (Å²) < 4.78 is 81.5. The number of hydrogen-bond acceptors (Lipinski definition) is 5. The molecular formula is C28H37ClF6N4O3. The highest BCUT2D eigenvalue weighted by Gasteiger charge is 2.60. The molecular weight excluding hydrogens is 590 g/mol. The Bertz CT molecular complexity index is 1100. The molecule has 0 atom stereocenters. The predicted octanol–water partition coefficient (Wildman–Crippen LogP) is 6.10. The number of anilines is 1. The van der Waals surface area contributed by atoms with Crippen molar-refractivity contribution in [2.45, 2.75) is 70.4 Å². The molecule has 0 aromatic heterocycles. The van der Waals surface area contributed by atoms with Crippen molar-refractivity contribution in [3.05, 3.63) is 28.8 Å². The lowest BCUT2D eigenvalue weighted by atomic mass is 9.77. The molecule has 1 spiro atoms. The number of ether oxygens (including phenoxy) is 1. The van der Waals surface area contributed by atoms with E-state index in [0.717, 1.165) is 68.0 Å². The zero-order valence-corrected chi connectivity index (χ0v) is 24.3. The maximum Gasteiger partial charge on any atom is 0.434 e. The van der Waals surface area contributed by atoms with Gasteiger partial charge in [-0.2, -0.15) is 26.3 Å². The Morgan fingerprint density at radius 1 is 0.857 bits per heavy atom. The number of halogens is 7. The Morgan fingerprint density at radius 3 is 2.12 bits per heavy atom. The maximum atomic E-state index is 12.9. The zero-order valence-electron chi connectivity index (χ0n) is 23.6. The smallest absolute Gasteiger partial charge is 0.426 e. The lowest BCUT2D eigenvalue weighted by Crippen LogP contribution is -2.49. The number of carbonyl (C=O) groups is 2. The first-order chi connectivity index (χ1) is 19.6. The van der Waals surface area contributed by atoms with Crippen LogP contribution in [0.25, 0.3) is 0 Å². The minimum absolute atomic E-state index is 0.0110. The van der Waals surface area contributed by atoms with Gasteiger partial charge in [-0.05, 0) is 67.8 Å². The fraction of sp³-hybridized carbons (Fsp3) is 0.714. The van der Waals surface area contributed by atoms with Gasteiger partial charge in [0.15, 0.2) is 0 Å². The first-order valence-corrected chi connectivity index (χ1v) is 14.6. The van der Waals surface area contributed by atoms with Gasteiger partial charge in [0.2, 0.25) is 5.91 Å². The van der Waals surface area contributed by atoms with Crippen LogP contribution < -0.4 is 4.90 Å². The number of hydrogen-bond donors (Lipinski definition) is 0. The van der Waals surface area contributed by atoms with Crippen LogP contribution in [0.5, 0.6) is 0 Å². The average Bonchev–Trinajstić information content (AvgIpc) is 3.34. The van der Waals surface area contributed by atoms with Crippen molar-refractivity contribution in [3.8, 4) is 0 Å². The highest BCUT2D eigenvalue weighted by Crippen LogP contribution is 2.42. The highest BCUT2D eigenvalue weighted by atomic mass is 35.5. The van der Waals surface area contributed by atoms with Gasteiger partial charge in [-0.3, -0.25) is 9.69 Å². The van der Waals surface area contributed by atoms with Crippen LogP contribution in [0, 0.1) is 5.41 Å². The fourth-order valence-electron chi connectivity index (χ4n) is 6.15. The lowest BCUT2D eigenvalue weighted by Gasteiger charge is -2.40. The third kappa shape index (κ3) is 8.36. The largest absolute Gasteiger partial charge is 0.434 e. The molecule has 3 aliphatic rings. The first kappa shape index (κ1) is 32.5. The number of piperidine rings is 1. The van der Waals surface area contributed by atoms with Gasteiger partial charge in [0, 0.05) is 70.0 Å². The van der Waals surface area contributed by atoms with Gasteiger partial charge in [-0.25, -0.2) is 4.79 Å². The number of carbonyl (C=O) groups excluding carboxylic acids is 2. The molecule has 42 heavy (non-hydrogen) atoms. The molecule has 1 aromatic carbocycles. The number of amides is 2. The summed E-state index contributed by atoms with van der Waals surface area (Å²) >= 11 is 6.49. The van der Waals surface area contributed by atoms with Gasteiger partial charge in [0.05, 0.1) is 0 Å². The van der Waals surface area contributed by atoms with Crippen LogP contribution in [-0.2, 0) is 16.1 Å². The van der Waals surface area contributed by atoms with Crippen LogP contribution >= 0.6 is 11.6 Å². The van der Waals surface area contributed by atoms with Gasteiger partial charge in [-0.15, -0.1) is 0 Å². The summed E-state index contributed by atoms with van der Waals surface area (Å²) in [5.41, 5.74) is 2.05. The zero-order chi connectivity index (χ0) is 30.7. The summed E-state index contributed by atoms with van der Waals surface area (Å²) in [4.78, 5) is 31.4. The van der Waals surface area contributed by atoms with Crippen LogP contribution in [-0.4, -0.2) is 97.5 Å². The second-order valence-electron chi connectivity index (χ2n) is 11.7. The second-order valence-corrected chi connectivity index (χ2v) is 12.1. The van der Waals surface area contributed by atoms with Crippen molar-refractivity contribution in [2.24, 2.45) is 5.41 Å². The van der Waals surface area contributed by atoms with Gasteiger partial charge in [-0.1, -0.05) is 18.0 Å². The van der Waals surface area contributed by atoms with E-state index in [2.05, 4.69) is 15.7 Å². The van der Waals surface area contributed by atoms with Gasteiger partial charge in [0.1, 0.15) is 0 Å².